The van der Waals surface area contributed by atoms with Crippen molar-refractivity contribution < 1.29 is 4.79 Å². The standard InChI is InChI=1S/C15H31N3O/c1-3-6-14(7-4-2)18-11-5-8-13(12-18)15(19)17-10-9-16/h13-14H,3-12,16H2,1-2H3,(H,17,19). The van der Waals surface area contributed by atoms with E-state index >= 15 is 0 Å². The third-order valence-corrected chi connectivity index (χ3v) is 4.03. The number of piperidine rings is 1. The number of carbonyl (C=O) groups is 1. The summed E-state index contributed by atoms with van der Waals surface area (Å²) in [6.07, 6.45) is 7.13. The van der Waals surface area contributed by atoms with Gasteiger partial charge in [-0.3, -0.25) is 9.69 Å². The summed E-state index contributed by atoms with van der Waals surface area (Å²) in [5.74, 6) is 0.360. The second-order valence-electron chi connectivity index (χ2n) is 5.64. The molecule has 1 unspecified atom stereocenters. The van der Waals surface area contributed by atoms with Crippen LogP contribution >= 0.6 is 0 Å². The first kappa shape index (κ1) is 16.4. The van der Waals surface area contributed by atoms with Crippen molar-refractivity contribution in [1.29, 1.82) is 0 Å². The Morgan fingerprint density at radius 3 is 2.63 bits per heavy atom. The Morgan fingerprint density at radius 2 is 2.05 bits per heavy atom. The maximum Gasteiger partial charge on any atom is 0.224 e. The van der Waals surface area contributed by atoms with Gasteiger partial charge < -0.3 is 11.1 Å². The molecule has 1 atom stereocenters. The van der Waals surface area contributed by atoms with Crippen molar-refractivity contribution in [3.05, 3.63) is 0 Å². The predicted molar refractivity (Wildman–Crippen MR) is 80.0 cm³/mol. The van der Waals surface area contributed by atoms with E-state index in [0.717, 1.165) is 25.9 Å². The SMILES string of the molecule is CCCC(CCC)N1CCCC(C(=O)NCCN)C1. The molecule has 1 heterocycles. The molecule has 0 aliphatic carbocycles. The second-order valence-corrected chi connectivity index (χ2v) is 5.64. The Morgan fingerprint density at radius 1 is 1.37 bits per heavy atom. The average molecular weight is 269 g/mol. The summed E-state index contributed by atoms with van der Waals surface area (Å²) in [5, 5.41) is 2.93. The number of hydrogen-bond acceptors (Lipinski definition) is 3. The smallest absolute Gasteiger partial charge is 0.224 e. The molecule has 1 rings (SSSR count). The van der Waals surface area contributed by atoms with E-state index in [0.29, 0.717) is 19.1 Å². The fourth-order valence-electron chi connectivity index (χ4n) is 3.07. The number of nitrogens with zero attached hydrogens (tertiary/aromatic N) is 1. The number of nitrogens with one attached hydrogen (secondary N) is 1. The largest absolute Gasteiger partial charge is 0.355 e. The molecular weight excluding hydrogens is 238 g/mol. The fraction of sp³-hybridized carbons (Fsp3) is 0.933. The second kappa shape index (κ2) is 9.32. The summed E-state index contributed by atoms with van der Waals surface area (Å²) in [7, 11) is 0. The van der Waals surface area contributed by atoms with Gasteiger partial charge in [0.2, 0.25) is 5.91 Å². The molecule has 3 N–H and O–H groups in total. The zero-order chi connectivity index (χ0) is 14.1. The Labute approximate surface area is 118 Å². The summed E-state index contributed by atoms with van der Waals surface area (Å²) in [4.78, 5) is 14.6. The summed E-state index contributed by atoms with van der Waals surface area (Å²) >= 11 is 0. The van der Waals surface area contributed by atoms with E-state index in [9.17, 15) is 4.79 Å². The van der Waals surface area contributed by atoms with Gasteiger partial charge in [0.15, 0.2) is 0 Å². The molecule has 0 aromatic heterocycles. The molecule has 0 bridgehead atoms. The van der Waals surface area contributed by atoms with Crippen LogP contribution in [0.5, 0.6) is 0 Å². The number of nitrogens with two attached hydrogens (primary N) is 1. The lowest BCUT2D eigenvalue weighted by Crippen LogP contribution is -2.47. The zero-order valence-electron chi connectivity index (χ0n) is 12.7. The van der Waals surface area contributed by atoms with Crippen LogP contribution in [0.1, 0.15) is 52.4 Å². The Hall–Kier alpha value is -0.610. The molecule has 4 nitrogen and oxygen atoms in total. The lowest BCUT2D eigenvalue weighted by Gasteiger charge is -2.38. The monoisotopic (exact) mass is 269 g/mol. The van der Waals surface area contributed by atoms with Gasteiger partial charge >= 0.3 is 0 Å². The molecule has 0 spiro atoms. The molecule has 0 aromatic carbocycles. The minimum Gasteiger partial charge on any atom is -0.355 e. The molecule has 112 valence electrons. The maximum atomic E-state index is 12.0. The fourth-order valence-corrected chi connectivity index (χ4v) is 3.07. The summed E-state index contributed by atoms with van der Waals surface area (Å²) in [6.45, 7) is 7.71. The van der Waals surface area contributed by atoms with Crippen LogP contribution in [0.3, 0.4) is 0 Å². The van der Waals surface area contributed by atoms with E-state index in [-0.39, 0.29) is 11.8 Å². The van der Waals surface area contributed by atoms with Gasteiger partial charge in [-0.15, -0.1) is 0 Å². The molecule has 1 aliphatic heterocycles. The third kappa shape index (κ3) is 5.49. The van der Waals surface area contributed by atoms with Gasteiger partial charge in [0.25, 0.3) is 0 Å². The van der Waals surface area contributed by atoms with Gasteiger partial charge in [0.1, 0.15) is 0 Å². The van der Waals surface area contributed by atoms with Crippen LogP contribution in [0.4, 0.5) is 0 Å². The molecule has 0 saturated carbocycles. The number of amides is 1. The van der Waals surface area contributed by atoms with Gasteiger partial charge in [-0.1, -0.05) is 26.7 Å². The summed E-state index contributed by atoms with van der Waals surface area (Å²) in [5.41, 5.74) is 5.44. The van der Waals surface area contributed by atoms with E-state index in [4.69, 9.17) is 5.73 Å². The first-order valence-electron chi connectivity index (χ1n) is 7.94. The van der Waals surface area contributed by atoms with E-state index in [1.165, 1.54) is 25.7 Å². The van der Waals surface area contributed by atoms with Gasteiger partial charge in [0, 0.05) is 25.7 Å². The van der Waals surface area contributed by atoms with Crippen LogP contribution < -0.4 is 11.1 Å². The van der Waals surface area contributed by atoms with Gasteiger partial charge in [-0.2, -0.15) is 0 Å². The Kier molecular flexibility index (Phi) is 8.07. The third-order valence-electron chi connectivity index (χ3n) is 4.03. The maximum absolute atomic E-state index is 12.0. The van der Waals surface area contributed by atoms with Crippen molar-refractivity contribution in [2.24, 2.45) is 11.7 Å². The molecule has 1 fully saturated rings. The Bertz CT molecular complexity index is 252. The average Bonchev–Trinajstić information content (AvgIpc) is 2.44. The highest BCUT2D eigenvalue weighted by molar-refractivity contribution is 5.78. The van der Waals surface area contributed by atoms with Crippen molar-refractivity contribution in [3.63, 3.8) is 0 Å². The molecule has 1 aliphatic rings. The normalized spacial score (nSPS) is 20.7. The first-order valence-corrected chi connectivity index (χ1v) is 7.94. The summed E-state index contributed by atoms with van der Waals surface area (Å²) < 4.78 is 0. The highest BCUT2D eigenvalue weighted by Crippen LogP contribution is 2.22. The van der Waals surface area contributed by atoms with Crippen LogP contribution in [0.2, 0.25) is 0 Å². The lowest BCUT2D eigenvalue weighted by molar-refractivity contribution is -0.127. The number of carbonyl (C=O) groups excluding carboxylic acids is 1. The van der Waals surface area contributed by atoms with Crippen LogP contribution in [0.25, 0.3) is 0 Å². The minimum absolute atomic E-state index is 0.163. The predicted octanol–water partition coefficient (Wildman–Crippen LogP) is 1.74. The first-order chi connectivity index (χ1) is 9.22. The quantitative estimate of drug-likeness (QED) is 0.706. The molecule has 19 heavy (non-hydrogen) atoms. The molecule has 0 aromatic rings. The zero-order valence-corrected chi connectivity index (χ0v) is 12.7. The van der Waals surface area contributed by atoms with Crippen LogP contribution in [0, 0.1) is 5.92 Å². The molecular formula is C15H31N3O. The van der Waals surface area contributed by atoms with E-state index in [2.05, 4.69) is 24.1 Å². The number of hydrogen-bond donors (Lipinski definition) is 2. The van der Waals surface area contributed by atoms with Gasteiger partial charge in [0.05, 0.1) is 5.92 Å². The van der Waals surface area contributed by atoms with Crippen molar-refractivity contribution in [1.82, 2.24) is 10.2 Å². The van der Waals surface area contributed by atoms with Gasteiger partial charge in [-0.05, 0) is 32.2 Å². The lowest BCUT2D eigenvalue weighted by atomic mass is 9.93. The molecule has 1 saturated heterocycles. The number of rotatable bonds is 8. The van der Waals surface area contributed by atoms with Crippen LogP contribution in [0.15, 0.2) is 0 Å². The van der Waals surface area contributed by atoms with E-state index < -0.39 is 0 Å². The topological polar surface area (TPSA) is 58.4 Å². The van der Waals surface area contributed by atoms with E-state index in [1.54, 1.807) is 0 Å². The molecule has 1 amide bonds. The molecule has 4 heteroatoms. The summed E-state index contributed by atoms with van der Waals surface area (Å²) in [6, 6.07) is 0.667. The molecule has 0 radical (unpaired) electrons. The van der Waals surface area contributed by atoms with Crippen molar-refractivity contribution in [3.8, 4) is 0 Å². The van der Waals surface area contributed by atoms with Crippen molar-refractivity contribution in [2.45, 2.75) is 58.4 Å². The van der Waals surface area contributed by atoms with Crippen LogP contribution in [-0.4, -0.2) is 43.0 Å². The minimum atomic E-state index is 0.163. The highest BCUT2D eigenvalue weighted by Gasteiger charge is 2.28. The van der Waals surface area contributed by atoms with Crippen molar-refractivity contribution in [2.75, 3.05) is 26.2 Å². The van der Waals surface area contributed by atoms with Crippen LogP contribution in [-0.2, 0) is 4.79 Å². The Balaban J connectivity index is 2.49. The van der Waals surface area contributed by atoms with Gasteiger partial charge in [-0.25, -0.2) is 0 Å². The highest BCUT2D eigenvalue weighted by atomic mass is 16.1. The number of likely N-dealkylation sites (tertiary alicyclic amines) is 1. The van der Waals surface area contributed by atoms with Crippen molar-refractivity contribution >= 4 is 5.91 Å². The van der Waals surface area contributed by atoms with E-state index in [1.807, 2.05) is 0 Å².